The Labute approximate surface area is 71.8 Å². The highest BCUT2D eigenvalue weighted by Gasteiger charge is 2.10. The molecule has 1 rings (SSSR count). The van der Waals surface area contributed by atoms with Gasteiger partial charge in [0.2, 0.25) is 0 Å². The van der Waals surface area contributed by atoms with Gasteiger partial charge in [0.25, 0.3) is 0 Å². The van der Waals surface area contributed by atoms with Gasteiger partial charge in [-0.3, -0.25) is 0 Å². The van der Waals surface area contributed by atoms with Crippen molar-refractivity contribution >= 4 is 15.9 Å². The molecule has 0 nitrogen and oxygen atoms in total. The maximum absolute atomic E-state index is 3.30. The molecule has 1 aliphatic carbocycles. The highest BCUT2D eigenvalue weighted by atomic mass is 79.9. The average Bonchev–Trinajstić information content (AvgIpc) is 2.03. The number of rotatable bonds is 2. The third-order valence-corrected chi connectivity index (χ3v) is 2.66. The molecule has 0 aromatic rings. The molecule has 1 saturated carbocycles. The van der Waals surface area contributed by atoms with Crippen LogP contribution in [-0.4, -0.2) is 0 Å². The fourth-order valence-corrected chi connectivity index (χ4v) is 1.88. The summed E-state index contributed by atoms with van der Waals surface area (Å²) in [6.45, 7) is 0. The third-order valence-electron chi connectivity index (χ3n) is 2.28. The summed E-state index contributed by atoms with van der Waals surface area (Å²) >= 11 is 3.30. The van der Waals surface area contributed by atoms with Gasteiger partial charge in [0, 0.05) is 0 Å². The van der Waals surface area contributed by atoms with Gasteiger partial charge in [0.15, 0.2) is 0 Å². The normalized spacial score (nSPS) is 22.1. The molecular formula is C9H15Br. The summed E-state index contributed by atoms with van der Waals surface area (Å²) in [5, 5.41) is 0. The molecule has 0 spiro atoms. The Hall–Kier alpha value is 0.220. The zero-order valence-corrected chi connectivity index (χ0v) is 7.94. The van der Waals surface area contributed by atoms with E-state index in [1.54, 1.807) is 0 Å². The highest BCUT2D eigenvalue weighted by molar-refractivity contribution is 9.11. The summed E-state index contributed by atoms with van der Waals surface area (Å²) in [6.07, 6.45) is 10.8. The Morgan fingerprint density at radius 2 is 1.90 bits per heavy atom. The minimum absolute atomic E-state index is 0.988. The maximum Gasteiger partial charge on any atom is -0.0229 e. The molecule has 0 aromatic carbocycles. The van der Waals surface area contributed by atoms with Crippen molar-refractivity contribution in [1.82, 2.24) is 0 Å². The highest BCUT2D eigenvalue weighted by Crippen LogP contribution is 2.26. The second kappa shape index (κ2) is 4.95. The van der Waals surface area contributed by atoms with Crippen LogP contribution < -0.4 is 0 Å². The van der Waals surface area contributed by atoms with Gasteiger partial charge in [-0.15, -0.1) is 0 Å². The molecule has 0 unspecified atom stereocenters. The largest absolute Gasteiger partial charge is 0.0773 e. The first-order chi connectivity index (χ1) is 4.93. The SMILES string of the molecule is Br/C=C/CC1CCCCC1. The van der Waals surface area contributed by atoms with Crippen molar-refractivity contribution in [2.24, 2.45) is 5.92 Å². The minimum atomic E-state index is 0.988. The van der Waals surface area contributed by atoms with Crippen molar-refractivity contribution in [1.29, 1.82) is 0 Å². The molecule has 0 saturated heterocycles. The molecule has 0 aromatic heterocycles. The molecule has 0 N–H and O–H groups in total. The van der Waals surface area contributed by atoms with E-state index < -0.39 is 0 Å². The molecule has 0 radical (unpaired) electrons. The van der Waals surface area contributed by atoms with Crippen LogP contribution >= 0.6 is 15.9 Å². The predicted octanol–water partition coefficient (Wildman–Crippen LogP) is 3.87. The summed E-state index contributed by atoms with van der Waals surface area (Å²) < 4.78 is 0. The molecule has 0 bridgehead atoms. The molecule has 1 aliphatic rings. The van der Waals surface area contributed by atoms with E-state index in [0.29, 0.717) is 0 Å². The maximum atomic E-state index is 3.30. The standard InChI is InChI=1S/C9H15Br/c10-8-4-7-9-5-2-1-3-6-9/h4,8-9H,1-3,5-7H2/b8-4+. The van der Waals surface area contributed by atoms with E-state index in [1.165, 1.54) is 38.5 Å². The molecule has 10 heavy (non-hydrogen) atoms. The Kier molecular flexibility index (Phi) is 4.12. The fraction of sp³-hybridized carbons (Fsp3) is 0.778. The lowest BCUT2D eigenvalue weighted by molar-refractivity contribution is 0.361. The third kappa shape index (κ3) is 2.87. The van der Waals surface area contributed by atoms with Crippen LogP contribution in [0.15, 0.2) is 11.1 Å². The molecule has 0 atom stereocenters. The van der Waals surface area contributed by atoms with Crippen LogP contribution in [0, 0.1) is 5.92 Å². The van der Waals surface area contributed by atoms with Crippen molar-refractivity contribution < 1.29 is 0 Å². The first-order valence-electron chi connectivity index (χ1n) is 4.18. The van der Waals surface area contributed by atoms with Crippen LogP contribution in [0.25, 0.3) is 0 Å². The van der Waals surface area contributed by atoms with Crippen LogP contribution in [0.5, 0.6) is 0 Å². The van der Waals surface area contributed by atoms with E-state index >= 15 is 0 Å². The lowest BCUT2D eigenvalue weighted by atomic mass is 9.87. The lowest BCUT2D eigenvalue weighted by Gasteiger charge is -2.19. The summed E-state index contributed by atoms with van der Waals surface area (Å²) in [5.41, 5.74) is 0. The van der Waals surface area contributed by atoms with Gasteiger partial charge < -0.3 is 0 Å². The molecule has 0 aliphatic heterocycles. The van der Waals surface area contributed by atoms with Gasteiger partial charge in [0.1, 0.15) is 0 Å². The van der Waals surface area contributed by atoms with Crippen molar-refractivity contribution in [3.63, 3.8) is 0 Å². The number of halogens is 1. The second-order valence-corrected chi connectivity index (χ2v) is 3.63. The van der Waals surface area contributed by atoms with Crippen molar-refractivity contribution in [2.45, 2.75) is 38.5 Å². The van der Waals surface area contributed by atoms with Gasteiger partial charge in [-0.05, 0) is 17.3 Å². The molecule has 58 valence electrons. The summed E-state index contributed by atoms with van der Waals surface area (Å²) in [6, 6.07) is 0. The van der Waals surface area contributed by atoms with E-state index in [0.717, 1.165) is 5.92 Å². The van der Waals surface area contributed by atoms with Crippen LogP contribution in [-0.2, 0) is 0 Å². The molecule has 0 heterocycles. The van der Waals surface area contributed by atoms with Crippen molar-refractivity contribution in [3.05, 3.63) is 11.1 Å². The molecular weight excluding hydrogens is 188 g/mol. The molecule has 1 fully saturated rings. The summed E-state index contributed by atoms with van der Waals surface area (Å²) in [5.74, 6) is 0.988. The summed E-state index contributed by atoms with van der Waals surface area (Å²) in [4.78, 5) is 1.99. The van der Waals surface area contributed by atoms with Crippen LogP contribution in [0.1, 0.15) is 38.5 Å². The molecule has 1 heteroatoms. The zero-order chi connectivity index (χ0) is 7.23. The zero-order valence-electron chi connectivity index (χ0n) is 6.35. The fourth-order valence-electron chi connectivity index (χ4n) is 1.67. The van der Waals surface area contributed by atoms with E-state index in [2.05, 4.69) is 22.0 Å². The average molecular weight is 203 g/mol. The first-order valence-corrected chi connectivity index (χ1v) is 5.10. The Balaban J connectivity index is 2.13. The predicted molar refractivity (Wildman–Crippen MR) is 49.3 cm³/mol. The second-order valence-electron chi connectivity index (χ2n) is 3.10. The van der Waals surface area contributed by atoms with Gasteiger partial charge in [0.05, 0.1) is 0 Å². The van der Waals surface area contributed by atoms with Crippen LogP contribution in [0.4, 0.5) is 0 Å². The van der Waals surface area contributed by atoms with Gasteiger partial charge in [-0.1, -0.05) is 54.1 Å². The Bertz CT molecular complexity index is 101. The smallest absolute Gasteiger partial charge is 0.0229 e. The molecule has 0 amide bonds. The van der Waals surface area contributed by atoms with Crippen LogP contribution in [0.3, 0.4) is 0 Å². The van der Waals surface area contributed by atoms with E-state index in [1.807, 2.05) is 4.99 Å². The van der Waals surface area contributed by atoms with E-state index in [4.69, 9.17) is 0 Å². The van der Waals surface area contributed by atoms with Gasteiger partial charge in [-0.2, -0.15) is 0 Å². The van der Waals surface area contributed by atoms with Crippen molar-refractivity contribution in [3.8, 4) is 0 Å². The quantitative estimate of drug-likeness (QED) is 0.639. The van der Waals surface area contributed by atoms with E-state index in [9.17, 15) is 0 Å². The lowest BCUT2D eigenvalue weighted by Crippen LogP contribution is -2.04. The Morgan fingerprint density at radius 3 is 2.50 bits per heavy atom. The van der Waals surface area contributed by atoms with Gasteiger partial charge >= 0.3 is 0 Å². The van der Waals surface area contributed by atoms with Gasteiger partial charge in [-0.25, -0.2) is 0 Å². The number of hydrogen-bond acceptors (Lipinski definition) is 0. The van der Waals surface area contributed by atoms with Crippen molar-refractivity contribution in [2.75, 3.05) is 0 Å². The summed E-state index contributed by atoms with van der Waals surface area (Å²) in [7, 11) is 0. The Morgan fingerprint density at radius 1 is 1.20 bits per heavy atom. The first kappa shape index (κ1) is 8.32. The number of allylic oxidation sites excluding steroid dienone is 1. The van der Waals surface area contributed by atoms with Crippen LogP contribution in [0.2, 0.25) is 0 Å². The number of hydrogen-bond donors (Lipinski definition) is 0. The minimum Gasteiger partial charge on any atom is -0.0773 e. The topological polar surface area (TPSA) is 0 Å². The van der Waals surface area contributed by atoms with E-state index in [-0.39, 0.29) is 0 Å². The monoisotopic (exact) mass is 202 g/mol.